The van der Waals surface area contributed by atoms with Gasteiger partial charge in [0.05, 0.1) is 7.11 Å². The Hall–Kier alpha value is -1.86. The van der Waals surface area contributed by atoms with E-state index in [0.29, 0.717) is 16.7 Å². The maximum Gasteiger partial charge on any atom is 0.209 e. The summed E-state index contributed by atoms with van der Waals surface area (Å²) in [5, 5.41) is 7.73. The van der Waals surface area contributed by atoms with Crippen LogP contribution in [0, 0.1) is 5.82 Å². The summed E-state index contributed by atoms with van der Waals surface area (Å²) in [6.07, 6.45) is 0. The Bertz CT molecular complexity index is 825. The minimum Gasteiger partial charge on any atom is -0.494 e. The van der Waals surface area contributed by atoms with Crippen LogP contribution in [0.25, 0.3) is 11.4 Å². The molecule has 0 aliphatic heterocycles. The van der Waals surface area contributed by atoms with Crippen molar-refractivity contribution in [1.82, 2.24) is 15.2 Å². The van der Waals surface area contributed by atoms with Gasteiger partial charge in [-0.2, -0.15) is 0 Å². The largest absolute Gasteiger partial charge is 0.494 e. The molecule has 0 radical (unpaired) electrons. The predicted molar refractivity (Wildman–Crippen MR) is 92.0 cm³/mol. The van der Waals surface area contributed by atoms with Gasteiger partial charge in [-0.15, -0.1) is 5.10 Å². The van der Waals surface area contributed by atoms with Crippen molar-refractivity contribution in [3.05, 3.63) is 58.3 Å². The minimum atomic E-state index is -0.366. The van der Waals surface area contributed by atoms with Crippen molar-refractivity contribution >= 4 is 27.7 Å². The van der Waals surface area contributed by atoms with Crippen molar-refractivity contribution in [2.45, 2.75) is 10.9 Å². The van der Waals surface area contributed by atoms with E-state index in [1.807, 2.05) is 30.3 Å². The van der Waals surface area contributed by atoms with E-state index in [-0.39, 0.29) is 11.6 Å². The number of hydrogen-bond donors (Lipinski definition) is 1. The first-order valence-electron chi connectivity index (χ1n) is 6.80. The van der Waals surface area contributed by atoms with Crippen molar-refractivity contribution in [1.29, 1.82) is 0 Å². The van der Waals surface area contributed by atoms with Gasteiger partial charge < -0.3 is 4.74 Å². The van der Waals surface area contributed by atoms with Crippen LogP contribution in [-0.2, 0) is 5.75 Å². The molecule has 2 aromatic carbocycles. The Balaban J connectivity index is 1.70. The average Bonchev–Trinajstić information content (AvgIpc) is 3.02. The third kappa shape index (κ3) is 3.73. The lowest BCUT2D eigenvalue weighted by molar-refractivity contribution is 0.386. The Kier molecular flexibility index (Phi) is 4.97. The molecule has 0 saturated carbocycles. The zero-order valence-corrected chi connectivity index (χ0v) is 14.6. The molecular formula is C16H13BrFN3OS. The number of benzene rings is 2. The molecule has 7 heteroatoms. The maximum atomic E-state index is 13.7. The molecule has 0 atom stereocenters. The predicted octanol–water partition coefficient (Wildman–Crippen LogP) is 4.67. The second-order valence-electron chi connectivity index (χ2n) is 4.70. The summed E-state index contributed by atoms with van der Waals surface area (Å²) in [5.74, 6) is 1.15. The van der Waals surface area contributed by atoms with Crippen LogP contribution in [0.1, 0.15) is 5.56 Å². The molecule has 1 heterocycles. The highest BCUT2D eigenvalue weighted by Crippen LogP contribution is 2.28. The number of thioether (sulfide) groups is 1. The van der Waals surface area contributed by atoms with Gasteiger partial charge in [0.25, 0.3) is 0 Å². The third-order valence-electron chi connectivity index (χ3n) is 3.18. The molecule has 3 aromatic rings. The van der Waals surface area contributed by atoms with Crippen molar-refractivity contribution in [2.24, 2.45) is 0 Å². The maximum absolute atomic E-state index is 13.7. The Labute approximate surface area is 145 Å². The topological polar surface area (TPSA) is 50.8 Å². The van der Waals surface area contributed by atoms with Gasteiger partial charge >= 0.3 is 0 Å². The fourth-order valence-corrected chi connectivity index (χ4v) is 3.25. The molecule has 0 bridgehead atoms. The highest BCUT2D eigenvalue weighted by molar-refractivity contribution is 9.10. The lowest BCUT2D eigenvalue weighted by Gasteiger charge is -2.03. The highest BCUT2D eigenvalue weighted by atomic mass is 79.9. The molecule has 0 spiro atoms. The monoisotopic (exact) mass is 393 g/mol. The summed E-state index contributed by atoms with van der Waals surface area (Å²) in [6.45, 7) is 0. The SMILES string of the molecule is COc1ccc(CSc2n[nH]c(-c3ccccc3Br)n2)cc1F. The number of nitrogens with one attached hydrogen (secondary N) is 1. The number of rotatable bonds is 5. The molecule has 1 aromatic heterocycles. The van der Waals surface area contributed by atoms with E-state index >= 15 is 0 Å². The van der Waals surface area contributed by atoms with Gasteiger partial charge in [0, 0.05) is 15.8 Å². The van der Waals surface area contributed by atoms with Gasteiger partial charge in [0.15, 0.2) is 17.4 Å². The molecule has 0 aliphatic carbocycles. The van der Waals surface area contributed by atoms with Crippen molar-refractivity contribution in [2.75, 3.05) is 7.11 Å². The van der Waals surface area contributed by atoms with E-state index in [1.165, 1.54) is 24.9 Å². The van der Waals surface area contributed by atoms with Gasteiger partial charge in [0.1, 0.15) is 0 Å². The number of aromatic amines is 1. The van der Waals surface area contributed by atoms with Crippen LogP contribution in [0.15, 0.2) is 52.1 Å². The van der Waals surface area contributed by atoms with E-state index in [2.05, 4.69) is 31.1 Å². The molecular weight excluding hydrogens is 381 g/mol. The molecule has 0 fully saturated rings. The number of ether oxygens (including phenoxy) is 1. The number of nitrogens with zero attached hydrogens (tertiary/aromatic N) is 2. The smallest absolute Gasteiger partial charge is 0.209 e. The Morgan fingerprint density at radius 3 is 2.83 bits per heavy atom. The summed E-state index contributed by atoms with van der Waals surface area (Å²) in [6, 6.07) is 12.7. The summed E-state index contributed by atoms with van der Waals surface area (Å²) < 4.78 is 19.5. The normalized spacial score (nSPS) is 10.7. The first kappa shape index (κ1) is 16.0. The molecule has 1 N–H and O–H groups in total. The van der Waals surface area contributed by atoms with Crippen LogP contribution >= 0.6 is 27.7 Å². The average molecular weight is 394 g/mol. The van der Waals surface area contributed by atoms with Crippen LogP contribution in [-0.4, -0.2) is 22.3 Å². The third-order valence-corrected chi connectivity index (χ3v) is 4.79. The van der Waals surface area contributed by atoms with E-state index in [9.17, 15) is 4.39 Å². The quantitative estimate of drug-likeness (QED) is 0.639. The summed E-state index contributed by atoms with van der Waals surface area (Å²) in [4.78, 5) is 4.46. The fourth-order valence-electron chi connectivity index (χ4n) is 2.03. The van der Waals surface area contributed by atoms with E-state index in [1.54, 1.807) is 6.07 Å². The van der Waals surface area contributed by atoms with Gasteiger partial charge in [-0.1, -0.05) is 52.0 Å². The second kappa shape index (κ2) is 7.14. The number of aromatic nitrogens is 3. The summed E-state index contributed by atoms with van der Waals surface area (Å²) >= 11 is 4.93. The second-order valence-corrected chi connectivity index (χ2v) is 6.50. The lowest BCUT2D eigenvalue weighted by Crippen LogP contribution is -1.90. The molecule has 0 aliphatic rings. The summed E-state index contributed by atoms with van der Waals surface area (Å²) in [5.41, 5.74) is 1.79. The molecule has 118 valence electrons. The van der Waals surface area contributed by atoms with E-state index < -0.39 is 0 Å². The zero-order chi connectivity index (χ0) is 16.2. The number of methoxy groups -OCH3 is 1. The highest BCUT2D eigenvalue weighted by Gasteiger charge is 2.10. The van der Waals surface area contributed by atoms with Crippen LogP contribution in [0.5, 0.6) is 5.75 Å². The molecule has 23 heavy (non-hydrogen) atoms. The summed E-state index contributed by atoms with van der Waals surface area (Å²) in [7, 11) is 1.45. The van der Waals surface area contributed by atoms with Crippen LogP contribution in [0.4, 0.5) is 4.39 Å². The van der Waals surface area contributed by atoms with Crippen LogP contribution in [0.2, 0.25) is 0 Å². The fraction of sp³-hybridized carbons (Fsp3) is 0.125. The Morgan fingerprint density at radius 2 is 2.09 bits per heavy atom. The molecule has 0 unspecified atom stereocenters. The molecule has 3 rings (SSSR count). The number of hydrogen-bond acceptors (Lipinski definition) is 4. The van der Waals surface area contributed by atoms with Crippen molar-refractivity contribution < 1.29 is 9.13 Å². The van der Waals surface area contributed by atoms with E-state index in [4.69, 9.17) is 4.74 Å². The number of halogens is 2. The minimum absolute atomic E-state index is 0.243. The first-order valence-corrected chi connectivity index (χ1v) is 8.58. The first-order chi connectivity index (χ1) is 11.2. The lowest BCUT2D eigenvalue weighted by atomic mass is 10.2. The van der Waals surface area contributed by atoms with Crippen LogP contribution < -0.4 is 4.74 Å². The number of H-pyrrole nitrogens is 1. The van der Waals surface area contributed by atoms with Gasteiger partial charge in [-0.05, 0) is 23.8 Å². The zero-order valence-electron chi connectivity index (χ0n) is 12.2. The molecule has 0 amide bonds. The van der Waals surface area contributed by atoms with E-state index in [0.717, 1.165) is 15.6 Å². The van der Waals surface area contributed by atoms with Gasteiger partial charge in [-0.3, -0.25) is 5.10 Å². The van der Waals surface area contributed by atoms with Gasteiger partial charge in [-0.25, -0.2) is 9.37 Å². The van der Waals surface area contributed by atoms with Gasteiger partial charge in [0.2, 0.25) is 5.16 Å². The standard InChI is InChI=1S/C16H13BrFN3OS/c1-22-14-7-6-10(8-13(14)18)9-23-16-19-15(20-21-16)11-4-2-3-5-12(11)17/h2-8H,9H2,1H3,(H,19,20,21). The van der Waals surface area contributed by atoms with Crippen LogP contribution in [0.3, 0.4) is 0 Å². The van der Waals surface area contributed by atoms with Crippen molar-refractivity contribution in [3.8, 4) is 17.1 Å². The molecule has 0 saturated heterocycles. The Morgan fingerprint density at radius 1 is 1.26 bits per heavy atom. The molecule has 4 nitrogen and oxygen atoms in total. The van der Waals surface area contributed by atoms with Crippen molar-refractivity contribution in [3.63, 3.8) is 0 Å².